The fourth-order valence-electron chi connectivity index (χ4n) is 6.64. The van der Waals surface area contributed by atoms with E-state index in [-0.39, 0.29) is 29.2 Å². The normalized spacial score (nSPS) is 20.6. The van der Waals surface area contributed by atoms with Crippen LogP contribution in [0.1, 0.15) is 71.6 Å². The average Bonchev–Trinajstić information content (AvgIpc) is 3.57. The Bertz CT molecular complexity index is 1370. The van der Waals surface area contributed by atoms with E-state index >= 15 is 0 Å². The SMILES string of the molecule is CC(C(=O)N[C@@H]1CCc2ccc(C(=O)N3CCC4(CCN(c5ccncc5)CC4)C3)cc21)c1ccccc1Cl. The Morgan fingerprint density at radius 3 is 2.54 bits per heavy atom. The quantitative estimate of drug-likeness (QED) is 0.444. The van der Waals surface area contributed by atoms with Gasteiger partial charge in [-0.1, -0.05) is 35.9 Å². The number of aryl methyl sites for hydroxylation is 1. The number of benzene rings is 2. The van der Waals surface area contributed by atoms with Crippen molar-refractivity contribution in [2.24, 2.45) is 5.41 Å². The number of carbonyl (C=O) groups is 2. The van der Waals surface area contributed by atoms with Crippen LogP contribution in [0.3, 0.4) is 0 Å². The number of likely N-dealkylation sites (tertiary alicyclic amines) is 1. The number of fused-ring (bicyclic) bond motifs is 1. The van der Waals surface area contributed by atoms with Gasteiger partial charge in [0.2, 0.25) is 5.91 Å². The molecule has 7 heteroatoms. The van der Waals surface area contributed by atoms with Gasteiger partial charge in [-0.2, -0.15) is 0 Å². The molecule has 2 aromatic carbocycles. The molecule has 3 aliphatic rings. The second-order valence-electron chi connectivity index (χ2n) is 11.4. The van der Waals surface area contributed by atoms with Crippen molar-refractivity contribution >= 4 is 29.1 Å². The summed E-state index contributed by atoms with van der Waals surface area (Å²) in [7, 11) is 0. The number of nitrogens with zero attached hydrogens (tertiary/aromatic N) is 3. The Morgan fingerprint density at radius 1 is 1.03 bits per heavy atom. The Balaban J connectivity index is 1.10. The van der Waals surface area contributed by atoms with E-state index < -0.39 is 0 Å². The minimum atomic E-state index is -0.349. The number of carbonyl (C=O) groups excluding carboxylic acids is 2. The molecule has 2 saturated heterocycles. The summed E-state index contributed by atoms with van der Waals surface area (Å²) in [6.07, 6.45) is 8.70. The minimum Gasteiger partial charge on any atom is -0.371 e. The first kappa shape index (κ1) is 25.9. The van der Waals surface area contributed by atoms with Gasteiger partial charge in [-0.3, -0.25) is 14.6 Å². The molecule has 2 aliphatic heterocycles. The van der Waals surface area contributed by atoms with Gasteiger partial charge in [-0.25, -0.2) is 0 Å². The van der Waals surface area contributed by atoms with E-state index in [4.69, 9.17) is 11.6 Å². The number of nitrogens with one attached hydrogen (secondary N) is 1. The number of hydrogen-bond acceptors (Lipinski definition) is 4. The van der Waals surface area contributed by atoms with Crippen LogP contribution in [0.5, 0.6) is 0 Å². The van der Waals surface area contributed by atoms with E-state index in [9.17, 15) is 9.59 Å². The summed E-state index contributed by atoms with van der Waals surface area (Å²) in [6.45, 7) is 5.54. The average molecular weight is 543 g/mol. The van der Waals surface area contributed by atoms with Crippen molar-refractivity contribution in [1.82, 2.24) is 15.2 Å². The van der Waals surface area contributed by atoms with Crippen LogP contribution < -0.4 is 10.2 Å². The Labute approximate surface area is 235 Å². The van der Waals surface area contributed by atoms with Crippen molar-refractivity contribution in [2.75, 3.05) is 31.1 Å². The van der Waals surface area contributed by atoms with E-state index in [0.29, 0.717) is 5.02 Å². The molecule has 39 heavy (non-hydrogen) atoms. The topological polar surface area (TPSA) is 65.5 Å². The van der Waals surface area contributed by atoms with E-state index in [1.54, 1.807) is 0 Å². The highest BCUT2D eigenvalue weighted by atomic mass is 35.5. The maximum Gasteiger partial charge on any atom is 0.253 e. The van der Waals surface area contributed by atoms with Crippen LogP contribution >= 0.6 is 11.6 Å². The molecule has 2 fully saturated rings. The van der Waals surface area contributed by atoms with Crippen molar-refractivity contribution in [3.05, 3.63) is 94.3 Å². The molecular formula is C32H35ClN4O2. The largest absolute Gasteiger partial charge is 0.371 e. The lowest BCUT2D eigenvalue weighted by Crippen LogP contribution is -2.42. The summed E-state index contributed by atoms with van der Waals surface area (Å²) in [5, 5.41) is 3.83. The van der Waals surface area contributed by atoms with E-state index in [2.05, 4.69) is 33.4 Å². The molecule has 1 spiro atoms. The molecule has 202 valence electrons. The monoisotopic (exact) mass is 542 g/mol. The molecule has 0 radical (unpaired) electrons. The third-order valence-corrected chi connectivity index (χ3v) is 9.47. The van der Waals surface area contributed by atoms with Crippen molar-refractivity contribution in [2.45, 2.75) is 51.0 Å². The number of pyridine rings is 1. The fraction of sp³-hybridized carbons (Fsp3) is 0.406. The summed E-state index contributed by atoms with van der Waals surface area (Å²) in [6, 6.07) is 17.6. The van der Waals surface area contributed by atoms with Gasteiger partial charge in [0.15, 0.2) is 0 Å². The van der Waals surface area contributed by atoms with E-state index in [0.717, 1.165) is 75.0 Å². The third-order valence-electron chi connectivity index (χ3n) is 9.13. The molecule has 1 aliphatic carbocycles. The maximum atomic E-state index is 13.6. The zero-order valence-corrected chi connectivity index (χ0v) is 23.2. The fourth-order valence-corrected chi connectivity index (χ4v) is 6.94. The molecular weight excluding hydrogens is 508 g/mol. The highest BCUT2D eigenvalue weighted by molar-refractivity contribution is 6.31. The van der Waals surface area contributed by atoms with E-state index in [1.807, 2.05) is 60.6 Å². The maximum absolute atomic E-state index is 13.6. The second-order valence-corrected chi connectivity index (χ2v) is 11.8. The summed E-state index contributed by atoms with van der Waals surface area (Å²) in [5.41, 5.74) is 5.27. The van der Waals surface area contributed by atoms with Crippen LogP contribution in [0.25, 0.3) is 0 Å². The number of halogens is 1. The van der Waals surface area contributed by atoms with Crippen molar-refractivity contribution in [3.8, 4) is 0 Å². The second kappa shape index (κ2) is 10.6. The first-order valence-electron chi connectivity index (χ1n) is 14.0. The highest BCUT2D eigenvalue weighted by Crippen LogP contribution is 2.42. The summed E-state index contributed by atoms with van der Waals surface area (Å²) >= 11 is 6.34. The smallest absolute Gasteiger partial charge is 0.253 e. The van der Waals surface area contributed by atoms with Crippen LogP contribution in [0.2, 0.25) is 5.02 Å². The molecule has 0 saturated carbocycles. The lowest BCUT2D eigenvalue weighted by atomic mass is 9.77. The van der Waals surface area contributed by atoms with Crippen molar-refractivity contribution < 1.29 is 9.59 Å². The Hall–Kier alpha value is -3.38. The summed E-state index contributed by atoms with van der Waals surface area (Å²) in [5.74, 6) is -0.289. The standard InChI is InChI=1S/C32H35ClN4O2/c1-22(26-4-2-3-5-28(26)33)30(38)35-29-9-8-23-6-7-24(20-27(23)29)31(39)37-19-14-32(21-37)12-17-36(18-13-32)25-10-15-34-16-11-25/h2-7,10-11,15-16,20,22,29H,8-9,12-14,17-19,21H2,1H3,(H,35,38)/t22?,29-/m1/s1. The first-order valence-corrected chi connectivity index (χ1v) is 14.4. The van der Waals surface area contributed by atoms with Gasteiger partial charge in [0, 0.05) is 54.8 Å². The number of anilines is 1. The lowest BCUT2D eigenvalue weighted by Gasteiger charge is -2.40. The highest BCUT2D eigenvalue weighted by Gasteiger charge is 2.42. The van der Waals surface area contributed by atoms with Crippen LogP contribution in [0, 0.1) is 5.41 Å². The minimum absolute atomic E-state index is 0.0442. The van der Waals surface area contributed by atoms with Crippen molar-refractivity contribution in [3.63, 3.8) is 0 Å². The van der Waals surface area contributed by atoms with Gasteiger partial charge in [0.05, 0.1) is 12.0 Å². The molecule has 2 amide bonds. The number of rotatable bonds is 5. The third kappa shape index (κ3) is 5.14. The van der Waals surface area contributed by atoms with E-state index in [1.165, 1.54) is 11.3 Å². The molecule has 3 heterocycles. The lowest BCUT2D eigenvalue weighted by molar-refractivity contribution is -0.123. The van der Waals surface area contributed by atoms with Crippen LogP contribution in [0.15, 0.2) is 67.0 Å². The van der Waals surface area contributed by atoms with Crippen LogP contribution in [-0.4, -0.2) is 47.9 Å². The molecule has 6 rings (SSSR count). The van der Waals surface area contributed by atoms with Crippen LogP contribution in [0.4, 0.5) is 5.69 Å². The summed E-state index contributed by atoms with van der Waals surface area (Å²) in [4.78, 5) is 35.4. The van der Waals surface area contributed by atoms with Gasteiger partial charge in [0.25, 0.3) is 5.91 Å². The number of aromatic nitrogens is 1. The first-order chi connectivity index (χ1) is 18.9. The molecule has 1 unspecified atom stereocenters. The van der Waals surface area contributed by atoms with Crippen LogP contribution in [-0.2, 0) is 11.2 Å². The number of piperidine rings is 1. The van der Waals surface area contributed by atoms with Gasteiger partial charge in [0.1, 0.15) is 0 Å². The van der Waals surface area contributed by atoms with Gasteiger partial charge in [-0.15, -0.1) is 0 Å². The molecule has 0 bridgehead atoms. The zero-order chi connectivity index (χ0) is 27.0. The molecule has 3 aromatic rings. The zero-order valence-electron chi connectivity index (χ0n) is 22.4. The van der Waals surface area contributed by atoms with Gasteiger partial charge < -0.3 is 15.1 Å². The van der Waals surface area contributed by atoms with Crippen molar-refractivity contribution in [1.29, 1.82) is 0 Å². The Morgan fingerprint density at radius 2 is 1.77 bits per heavy atom. The number of hydrogen-bond donors (Lipinski definition) is 1. The molecule has 6 nitrogen and oxygen atoms in total. The van der Waals surface area contributed by atoms with Gasteiger partial charge >= 0.3 is 0 Å². The predicted octanol–water partition coefficient (Wildman–Crippen LogP) is 5.77. The molecule has 1 N–H and O–H groups in total. The number of amides is 2. The molecule has 2 atom stereocenters. The predicted molar refractivity (Wildman–Crippen MR) is 154 cm³/mol. The summed E-state index contributed by atoms with van der Waals surface area (Å²) < 4.78 is 0. The molecule has 1 aromatic heterocycles. The van der Waals surface area contributed by atoms with Gasteiger partial charge in [-0.05, 0) is 91.5 Å². The Kier molecular flexibility index (Phi) is 7.06.